The lowest BCUT2D eigenvalue weighted by molar-refractivity contribution is -0.149. The van der Waals surface area contributed by atoms with E-state index in [1.165, 1.54) is 18.2 Å². The topological polar surface area (TPSA) is 47.2 Å². The molecule has 2 aromatic rings. The summed E-state index contributed by atoms with van der Waals surface area (Å²) in [6.45, 7) is 1.42. The van der Waals surface area contributed by atoms with E-state index >= 15 is 0 Å². The van der Waals surface area contributed by atoms with Gasteiger partial charge in [-0.25, -0.2) is 0 Å². The van der Waals surface area contributed by atoms with Crippen LogP contribution in [-0.4, -0.2) is 18.0 Å². The van der Waals surface area contributed by atoms with Gasteiger partial charge in [0.2, 0.25) is 0 Å². The quantitative estimate of drug-likeness (QED) is 0.378. The smallest absolute Gasteiger partial charge is 0.356 e. The van der Waals surface area contributed by atoms with Gasteiger partial charge in [-0.2, -0.15) is 18.4 Å². The van der Waals surface area contributed by atoms with Gasteiger partial charge < -0.3 is 14.0 Å². The van der Waals surface area contributed by atoms with Crippen LogP contribution in [0.2, 0.25) is 10.0 Å². The van der Waals surface area contributed by atoms with Crippen molar-refractivity contribution >= 4 is 39.1 Å². The monoisotopic (exact) mass is 470 g/mol. The fourth-order valence-corrected chi connectivity index (χ4v) is 3.32. The maximum atomic E-state index is 13.6. The zero-order valence-corrected chi connectivity index (χ0v) is 16.4. The minimum Gasteiger partial charge on any atom is -0.356 e. The van der Waals surface area contributed by atoms with Crippen LogP contribution < -0.4 is 0 Å². The van der Waals surface area contributed by atoms with Crippen molar-refractivity contribution in [1.82, 2.24) is 4.57 Å². The summed E-state index contributed by atoms with van der Waals surface area (Å²) < 4.78 is 51.4. The van der Waals surface area contributed by atoms with E-state index in [0.717, 1.165) is 4.57 Å². The second-order valence-corrected chi connectivity index (χ2v) is 6.60. The summed E-state index contributed by atoms with van der Waals surface area (Å²) in [6.07, 6.45) is -4.71. The third-order valence-corrected chi connectivity index (χ3v) is 4.88. The number of benzene rings is 1. The number of alkyl halides is 3. The van der Waals surface area contributed by atoms with Crippen molar-refractivity contribution in [2.24, 2.45) is 0 Å². The Morgan fingerprint density at radius 1 is 1.23 bits per heavy atom. The van der Waals surface area contributed by atoms with Crippen molar-refractivity contribution in [1.29, 1.82) is 5.26 Å². The van der Waals surface area contributed by atoms with E-state index in [4.69, 9.17) is 32.7 Å². The molecule has 0 radical (unpaired) electrons. The number of halogens is 6. The molecule has 0 amide bonds. The molecule has 0 saturated heterocycles. The molecule has 26 heavy (non-hydrogen) atoms. The van der Waals surface area contributed by atoms with Crippen LogP contribution in [0.5, 0.6) is 0 Å². The van der Waals surface area contributed by atoms with Crippen LogP contribution in [0, 0.1) is 11.3 Å². The fraction of sp³-hybridized carbons (Fsp3) is 0.312. The summed E-state index contributed by atoms with van der Waals surface area (Å²) in [7, 11) is 0. The highest BCUT2D eigenvalue weighted by Gasteiger charge is 2.40. The second kappa shape index (κ2) is 8.63. The molecule has 1 heterocycles. The summed E-state index contributed by atoms with van der Waals surface area (Å²) in [5.41, 5.74) is -0.906. The first-order chi connectivity index (χ1) is 12.2. The Hall–Kier alpha value is -1.24. The average molecular weight is 472 g/mol. The predicted molar refractivity (Wildman–Crippen MR) is 94.9 cm³/mol. The molecule has 0 aliphatic rings. The molecule has 0 N–H and O–H groups in total. The standard InChI is InChI=1S/C16H12BrCl2F3N2O2/c1-2-25-8-26-7-24-14(9-3-4-11(18)12(19)5-9)10(6-23)13(17)15(24)16(20,21)22/h3-5H,2,7-8H2,1H3. The summed E-state index contributed by atoms with van der Waals surface area (Å²) >= 11 is 14.8. The lowest BCUT2D eigenvalue weighted by Crippen LogP contribution is -2.17. The summed E-state index contributed by atoms with van der Waals surface area (Å²) in [5, 5.41) is 9.81. The van der Waals surface area contributed by atoms with E-state index < -0.39 is 18.6 Å². The predicted octanol–water partition coefficient (Wildman–Crippen LogP) is 6.08. The van der Waals surface area contributed by atoms with Crippen molar-refractivity contribution < 1.29 is 22.6 Å². The molecule has 0 aliphatic carbocycles. The van der Waals surface area contributed by atoms with Gasteiger partial charge in [0.05, 0.1) is 25.8 Å². The molecule has 0 fully saturated rings. The van der Waals surface area contributed by atoms with Crippen LogP contribution in [-0.2, 0) is 22.4 Å². The largest absolute Gasteiger partial charge is 0.432 e. The van der Waals surface area contributed by atoms with Gasteiger partial charge in [-0.3, -0.25) is 0 Å². The number of aromatic nitrogens is 1. The number of hydrogen-bond acceptors (Lipinski definition) is 3. The van der Waals surface area contributed by atoms with Gasteiger partial charge in [0.25, 0.3) is 0 Å². The SMILES string of the molecule is CCOCOCn1c(-c2ccc(Cl)c(Cl)c2)c(C#N)c(Br)c1C(F)(F)F. The number of hydrogen-bond donors (Lipinski definition) is 0. The highest BCUT2D eigenvalue weighted by Crippen LogP contribution is 2.43. The van der Waals surface area contributed by atoms with Crippen LogP contribution in [0.25, 0.3) is 11.3 Å². The van der Waals surface area contributed by atoms with E-state index in [9.17, 15) is 18.4 Å². The van der Waals surface area contributed by atoms with Gasteiger partial charge in [-0.1, -0.05) is 29.3 Å². The first-order valence-electron chi connectivity index (χ1n) is 7.22. The van der Waals surface area contributed by atoms with Gasteiger partial charge in [-0.15, -0.1) is 0 Å². The molecule has 0 bridgehead atoms. The van der Waals surface area contributed by atoms with Crippen molar-refractivity contribution in [3.05, 3.63) is 44.0 Å². The van der Waals surface area contributed by atoms with Gasteiger partial charge in [0, 0.05) is 12.2 Å². The van der Waals surface area contributed by atoms with Gasteiger partial charge in [-0.05, 0) is 35.0 Å². The molecule has 0 unspecified atom stereocenters. The third kappa shape index (κ3) is 4.35. The molecule has 2 rings (SSSR count). The minimum absolute atomic E-state index is 0.0155. The average Bonchev–Trinajstić information content (AvgIpc) is 2.85. The Morgan fingerprint density at radius 2 is 1.92 bits per heavy atom. The molecule has 0 saturated carbocycles. The maximum Gasteiger partial charge on any atom is 0.432 e. The van der Waals surface area contributed by atoms with E-state index in [-0.39, 0.29) is 32.6 Å². The zero-order chi connectivity index (χ0) is 19.5. The lowest BCUT2D eigenvalue weighted by atomic mass is 10.1. The van der Waals surface area contributed by atoms with E-state index in [0.29, 0.717) is 12.2 Å². The number of nitrogens with zero attached hydrogens (tertiary/aromatic N) is 2. The fourth-order valence-electron chi connectivity index (χ4n) is 2.31. The minimum atomic E-state index is -4.71. The van der Waals surface area contributed by atoms with E-state index in [1.54, 1.807) is 13.0 Å². The van der Waals surface area contributed by atoms with Crippen molar-refractivity contribution in [2.45, 2.75) is 19.8 Å². The highest BCUT2D eigenvalue weighted by atomic mass is 79.9. The molecular weight excluding hydrogens is 460 g/mol. The molecule has 1 aromatic heterocycles. The van der Waals surface area contributed by atoms with Gasteiger partial charge in [0.15, 0.2) is 0 Å². The Morgan fingerprint density at radius 3 is 2.46 bits per heavy atom. The summed E-state index contributed by atoms with van der Waals surface area (Å²) in [6, 6.07) is 6.12. The number of ether oxygens (including phenoxy) is 2. The number of rotatable bonds is 6. The van der Waals surface area contributed by atoms with Crippen LogP contribution in [0.15, 0.2) is 22.7 Å². The summed E-state index contributed by atoms with van der Waals surface area (Å²) in [5.74, 6) is 0. The molecule has 0 aliphatic heterocycles. The molecule has 0 atom stereocenters. The third-order valence-electron chi connectivity index (χ3n) is 3.37. The number of nitriles is 1. The second-order valence-electron chi connectivity index (χ2n) is 5.00. The Balaban J connectivity index is 2.67. The molecule has 10 heteroatoms. The lowest BCUT2D eigenvalue weighted by Gasteiger charge is -2.16. The van der Waals surface area contributed by atoms with Crippen molar-refractivity contribution in [2.75, 3.05) is 13.4 Å². The van der Waals surface area contributed by atoms with Crippen LogP contribution in [0.1, 0.15) is 18.2 Å². The van der Waals surface area contributed by atoms with Crippen LogP contribution >= 0.6 is 39.1 Å². The molecule has 140 valence electrons. The summed E-state index contributed by atoms with van der Waals surface area (Å²) in [4.78, 5) is 0. The molecule has 0 spiro atoms. The molecular formula is C16H12BrCl2F3N2O2. The Bertz CT molecular complexity index is 847. The normalized spacial score (nSPS) is 11.6. The first kappa shape index (κ1) is 21.1. The first-order valence-corrected chi connectivity index (χ1v) is 8.77. The molecule has 1 aromatic carbocycles. The van der Waals surface area contributed by atoms with Crippen LogP contribution in [0.4, 0.5) is 13.2 Å². The Kier molecular flexibility index (Phi) is 6.99. The van der Waals surface area contributed by atoms with E-state index in [2.05, 4.69) is 15.9 Å². The van der Waals surface area contributed by atoms with Crippen molar-refractivity contribution in [3.8, 4) is 17.3 Å². The van der Waals surface area contributed by atoms with E-state index in [1.807, 2.05) is 0 Å². The Labute approximate surface area is 166 Å². The molecule has 4 nitrogen and oxygen atoms in total. The highest BCUT2D eigenvalue weighted by molar-refractivity contribution is 9.10. The maximum absolute atomic E-state index is 13.6. The van der Waals surface area contributed by atoms with Crippen LogP contribution in [0.3, 0.4) is 0 Å². The zero-order valence-electron chi connectivity index (χ0n) is 13.3. The van der Waals surface area contributed by atoms with Gasteiger partial charge in [0.1, 0.15) is 25.3 Å². The van der Waals surface area contributed by atoms with Gasteiger partial charge >= 0.3 is 6.18 Å². The van der Waals surface area contributed by atoms with Crippen molar-refractivity contribution in [3.63, 3.8) is 0 Å².